The third kappa shape index (κ3) is 6.11. The molecule has 94 valence electrons. The summed E-state index contributed by atoms with van der Waals surface area (Å²) in [6.45, 7) is 0.827. The van der Waals surface area contributed by atoms with Gasteiger partial charge in [-0.3, -0.25) is 4.79 Å². The third-order valence-electron chi connectivity index (χ3n) is 2.04. The Labute approximate surface area is 106 Å². The number of carbonyl (C=O) groups excluding carboxylic acids is 1. The Kier molecular flexibility index (Phi) is 6.39. The van der Waals surface area contributed by atoms with Gasteiger partial charge in [0.15, 0.2) is 0 Å². The van der Waals surface area contributed by atoms with Crippen molar-refractivity contribution in [2.45, 2.75) is 6.42 Å². The molecule has 0 aliphatic rings. The first kappa shape index (κ1) is 13.8. The van der Waals surface area contributed by atoms with E-state index in [2.05, 4.69) is 15.3 Å². The summed E-state index contributed by atoms with van der Waals surface area (Å²) in [4.78, 5) is 21.0. The number of thioether (sulfide) groups is 1. The van der Waals surface area contributed by atoms with Crippen LogP contribution in [0.3, 0.4) is 0 Å². The van der Waals surface area contributed by atoms with Gasteiger partial charge in [-0.15, -0.1) is 0 Å². The SMILES string of the molecule is CN(C)C(=O)CSCCCNc1ncccn1. The molecule has 0 saturated heterocycles. The van der Waals surface area contributed by atoms with Crippen LogP contribution in [0.2, 0.25) is 0 Å². The van der Waals surface area contributed by atoms with Crippen molar-refractivity contribution < 1.29 is 4.79 Å². The van der Waals surface area contributed by atoms with E-state index in [0.29, 0.717) is 11.7 Å². The highest BCUT2D eigenvalue weighted by Crippen LogP contribution is 2.04. The second kappa shape index (κ2) is 7.89. The van der Waals surface area contributed by atoms with Crippen molar-refractivity contribution in [3.8, 4) is 0 Å². The monoisotopic (exact) mass is 254 g/mol. The van der Waals surface area contributed by atoms with Gasteiger partial charge in [0, 0.05) is 33.0 Å². The van der Waals surface area contributed by atoms with Crippen molar-refractivity contribution in [2.75, 3.05) is 37.5 Å². The molecule has 1 aromatic rings. The van der Waals surface area contributed by atoms with E-state index >= 15 is 0 Å². The number of carbonyl (C=O) groups is 1. The van der Waals surface area contributed by atoms with Crippen molar-refractivity contribution in [3.05, 3.63) is 18.5 Å². The summed E-state index contributed by atoms with van der Waals surface area (Å²) >= 11 is 1.65. The summed E-state index contributed by atoms with van der Waals surface area (Å²) in [5.41, 5.74) is 0. The highest BCUT2D eigenvalue weighted by Gasteiger charge is 2.02. The second-order valence-electron chi connectivity index (χ2n) is 3.69. The van der Waals surface area contributed by atoms with E-state index in [0.717, 1.165) is 18.7 Å². The van der Waals surface area contributed by atoms with Gasteiger partial charge in [0.2, 0.25) is 11.9 Å². The van der Waals surface area contributed by atoms with Crippen LogP contribution in [-0.4, -0.2) is 52.9 Å². The maximum absolute atomic E-state index is 11.3. The molecule has 6 heteroatoms. The van der Waals surface area contributed by atoms with Crippen LogP contribution in [0.1, 0.15) is 6.42 Å². The number of rotatable bonds is 7. The first-order chi connectivity index (χ1) is 8.20. The minimum Gasteiger partial charge on any atom is -0.354 e. The summed E-state index contributed by atoms with van der Waals surface area (Å²) in [5, 5.41) is 3.12. The van der Waals surface area contributed by atoms with Gasteiger partial charge in [0.1, 0.15) is 0 Å². The number of hydrogen-bond donors (Lipinski definition) is 1. The lowest BCUT2D eigenvalue weighted by Crippen LogP contribution is -2.23. The largest absolute Gasteiger partial charge is 0.354 e. The molecule has 5 nitrogen and oxygen atoms in total. The molecule has 1 rings (SSSR count). The van der Waals surface area contributed by atoms with Gasteiger partial charge in [-0.2, -0.15) is 11.8 Å². The molecule has 0 fully saturated rings. The maximum atomic E-state index is 11.3. The molecule has 0 aromatic carbocycles. The molecule has 1 amide bonds. The predicted octanol–water partition coefficient (Wildman–Crippen LogP) is 1.10. The Morgan fingerprint density at radius 2 is 2.12 bits per heavy atom. The van der Waals surface area contributed by atoms with Crippen LogP contribution in [0.25, 0.3) is 0 Å². The number of hydrogen-bond acceptors (Lipinski definition) is 5. The fourth-order valence-corrected chi connectivity index (χ4v) is 1.98. The number of nitrogens with zero attached hydrogens (tertiary/aromatic N) is 3. The lowest BCUT2D eigenvalue weighted by atomic mass is 10.5. The lowest BCUT2D eigenvalue weighted by molar-refractivity contribution is -0.125. The second-order valence-corrected chi connectivity index (χ2v) is 4.80. The van der Waals surface area contributed by atoms with Gasteiger partial charge in [0.25, 0.3) is 0 Å². The fourth-order valence-electron chi connectivity index (χ4n) is 1.05. The zero-order valence-corrected chi connectivity index (χ0v) is 11.0. The van der Waals surface area contributed by atoms with Gasteiger partial charge >= 0.3 is 0 Å². The zero-order valence-electron chi connectivity index (χ0n) is 10.2. The van der Waals surface area contributed by atoms with Crippen LogP contribution >= 0.6 is 11.8 Å². The van der Waals surface area contributed by atoms with E-state index < -0.39 is 0 Å². The lowest BCUT2D eigenvalue weighted by Gasteiger charge is -2.09. The van der Waals surface area contributed by atoms with Crippen molar-refractivity contribution in [1.29, 1.82) is 0 Å². The van der Waals surface area contributed by atoms with Gasteiger partial charge < -0.3 is 10.2 Å². The maximum Gasteiger partial charge on any atom is 0.232 e. The van der Waals surface area contributed by atoms with Gasteiger partial charge in [-0.05, 0) is 18.2 Å². The molecule has 0 bridgehead atoms. The van der Waals surface area contributed by atoms with Crippen molar-refractivity contribution in [3.63, 3.8) is 0 Å². The molecular weight excluding hydrogens is 236 g/mol. The summed E-state index contributed by atoms with van der Waals surface area (Å²) < 4.78 is 0. The molecule has 0 aliphatic carbocycles. The smallest absolute Gasteiger partial charge is 0.232 e. The molecule has 1 aromatic heterocycles. The van der Waals surface area contributed by atoms with Crippen molar-refractivity contribution in [2.24, 2.45) is 0 Å². The van der Waals surface area contributed by atoms with Gasteiger partial charge in [0.05, 0.1) is 5.75 Å². The number of anilines is 1. The van der Waals surface area contributed by atoms with E-state index in [1.54, 1.807) is 49.2 Å². The van der Waals surface area contributed by atoms with Crippen LogP contribution in [0.4, 0.5) is 5.95 Å². The molecule has 0 radical (unpaired) electrons. The van der Waals surface area contributed by atoms with Gasteiger partial charge in [-0.25, -0.2) is 9.97 Å². The Bertz CT molecular complexity index is 332. The van der Waals surface area contributed by atoms with Crippen LogP contribution in [-0.2, 0) is 4.79 Å². The number of nitrogens with one attached hydrogen (secondary N) is 1. The summed E-state index contributed by atoms with van der Waals surface area (Å²) in [6.07, 6.45) is 4.41. The Hall–Kier alpha value is -1.30. The Morgan fingerprint density at radius 3 is 2.76 bits per heavy atom. The van der Waals surface area contributed by atoms with Crippen LogP contribution < -0.4 is 5.32 Å². The molecule has 0 saturated carbocycles. The van der Waals surface area contributed by atoms with E-state index in [-0.39, 0.29) is 5.91 Å². The first-order valence-corrected chi connectivity index (χ1v) is 6.64. The van der Waals surface area contributed by atoms with E-state index in [4.69, 9.17) is 0 Å². The molecule has 17 heavy (non-hydrogen) atoms. The van der Waals surface area contributed by atoms with E-state index in [9.17, 15) is 4.79 Å². The standard InChI is InChI=1S/C11H18N4OS/c1-15(2)10(16)9-17-8-4-7-14-11-12-5-3-6-13-11/h3,5-6H,4,7-9H2,1-2H3,(H,12,13,14). The molecule has 0 atom stereocenters. The summed E-state index contributed by atoms with van der Waals surface area (Å²) in [7, 11) is 3.55. The van der Waals surface area contributed by atoms with Crippen molar-refractivity contribution in [1.82, 2.24) is 14.9 Å². The quantitative estimate of drug-likeness (QED) is 0.738. The average Bonchev–Trinajstić information content (AvgIpc) is 2.34. The number of aromatic nitrogens is 2. The van der Waals surface area contributed by atoms with Gasteiger partial charge in [-0.1, -0.05) is 0 Å². The Balaban J connectivity index is 2.00. The molecule has 0 unspecified atom stereocenters. The molecular formula is C11H18N4OS. The predicted molar refractivity (Wildman–Crippen MR) is 71.2 cm³/mol. The average molecular weight is 254 g/mol. The summed E-state index contributed by atoms with van der Waals surface area (Å²) in [6, 6.07) is 1.79. The first-order valence-electron chi connectivity index (χ1n) is 5.49. The number of amides is 1. The van der Waals surface area contributed by atoms with Crippen LogP contribution in [0, 0.1) is 0 Å². The van der Waals surface area contributed by atoms with Crippen molar-refractivity contribution >= 4 is 23.6 Å². The van der Waals surface area contributed by atoms with E-state index in [1.165, 1.54) is 0 Å². The van der Waals surface area contributed by atoms with Crippen LogP contribution in [0.5, 0.6) is 0 Å². The van der Waals surface area contributed by atoms with Crippen LogP contribution in [0.15, 0.2) is 18.5 Å². The third-order valence-corrected chi connectivity index (χ3v) is 3.07. The Morgan fingerprint density at radius 1 is 1.41 bits per heavy atom. The van der Waals surface area contributed by atoms with E-state index in [1.807, 2.05) is 0 Å². The highest BCUT2D eigenvalue weighted by molar-refractivity contribution is 7.99. The minimum atomic E-state index is 0.161. The minimum absolute atomic E-state index is 0.161. The topological polar surface area (TPSA) is 58.1 Å². The normalized spacial score (nSPS) is 10.0. The molecule has 0 spiro atoms. The molecule has 0 aliphatic heterocycles. The molecule has 1 heterocycles. The molecule has 1 N–H and O–H groups in total. The summed E-state index contributed by atoms with van der Waals surface area (Å²) in [5.74, 6) is 2.32. The fraction of sp³-hybridized carbons (Fsp3) is 0.545. The zero-order chi connectivity index (χ0) is 12.5. The highest BCUT2D eigenvalue weighted by atomic mass is 32.2.